The number of ether oxygens (including phenoxy) is 1. The van der Waals surface area contributed by atoms with Crippen molar-refractivity contribution >= 4 is 5.69 Å². The molecule has 0 amide bonds. The molecular weight excluding hydrogens is 150 g/mol. The Hall–Kier alpha value is -1.02. The lowest BCUT2D eigenvalue weighted by atomic mass is 10.2. The van der Waals surface area contributed by atoms with Gasteiger partial charge in [-0.1, -0.05) is 18.2 Å². The van der Waals surface area contributed by atoms with Gasteiger partial charge in [0.2, 0.25) is 0 Å². The number of nitrogens with zero attached hydrogens (tertiary/aromatic N) is 1. The summed E-state index contributed by atoms with van der Waals surface area (Å²) in [6, 6.07) is 8.43. The van der Waals surface area contributed by atoms with Crippen LogP contribution in [0.1, 0.15) is 5.56 Å². The van der Waals surface area contributed by atoms with Crippen molar-refractivity contribution in [3.63, 3.8) is 0 Å². The van der Waals surface area contributed by atoms with Gasteiger partial charge in [0.1, 0.15) is 6.23 Å². The first kappa shape index (κ1) is 7.62. The van der Waals surface area contributed by atoms with Crippen LogP contribution in [0.25, 0.3) is 0 Å². The van der Waals surface area contributed by atoms with Crippen LogP contribution in [-0.2, 0) is 11.2 Å². The van der Waals surface area contributed by atoms with E-state index in [4.69, 9.17) is 4.74 Å². The van der Waals surface area contributed by atoms with Crippen LogP contribution in [0.2, 0.25) is 0 Å². The van der Waals surface area contributed by atoms with E-state index in [2.05, 4.69) is 36.2 Å². The van der Waals surface area contributed by atoms with E-state index in [-0.39, 0.29) is 6.23 Å². The Balaban J connectivity index is 2.35. The van der Waals surface area contributed by atoms with E-state index in [1.807, 2.05) is 0 Å². The van der Waals surface area contributed by atoms with Crippen LogP contribution in [0.15, 0.2) is 24.3 Å². The van der Waals surface area contributed by atoms with Crippen molar-refractivity contribution < 1.29 is 4.74 Å². The molecule has 0 fully saturated rings. The van der Waals surface area contributed by atoms with E-state index in [9.17, 15) is 0 Å². The molecule has 2 nitrogen and oxygen atoms in total. The molecule has 0 spiro atoms. The van der Waals surface area contributed by atoms with E-state index in [0.717, 1.165) is 6.42 Å². The molecule has 12 heavy (non-hydrogen) atoms. The molecule has 0 aliphatic carbocycles. The summed E-state index contributed by atoms with van der Waals surface area (Å²) in [5.41, 5.74) is 2.68. The summed E-state index contributed by atoms with van der Waals surface area (Å²) in [4.78, 5) is 2.18. The third kappa shape index (κ3) is 0.994. The summed E-state index contributed by atoms with van der Waals surface area (Å²) in [6.07, 6.45) is 1.23. The fraction of sp³-hybridized carbons (Fsp3) is 0.400. The molecule has 2 rings (SSSR count). The third-order valence-corrected chi connectivity index (χ3v) is 2.47. The number of hydrogen-bond donors (Lipinski definition) is 0. The second-order valence-corrected chi connectivity index (χ2v) is 3.13. The fourth-order valence-electron chi connectivity index (χ4n) is 1.75. The third-order valence-electron chi connectivity index (χ3n) is 2.47. The van der Waals surface area contributed by atoms with Crippen molar-refractivity contribution in [1.82, 2.24) is 0 Å². The zero-order chi connectivity index (χ0) is 8.55. The Morgan fingerprint density at radius 2 is 2.17 bits per heavy atom. The van der Waals surface area contributed by atoms with Crippen LogP contribution < -0.4 is 4.90 Å². The van der Waals surface area contributed by atoms with Gasteiger partial charge in [0.15, 0.2) is 0 Å². The standard InChI is InChI=1S/C10H13NO/c1-11-9-6-4-3-5-8(9)7-10(11)12-2/h3-6,10H,7H2,1-2H3. The lowest BCUT2D eigenvalue weighted by Crippen LogP contribution is -2.29. The molecule has 1 heterocycles. The lowest BCUT2D eigenvalue weighted by Gasteiger charge is -2.20. The van der Waals surface area contributed by atoms with Crippen molar-refractivity contribution in [2.75, 3.05) is 19.1 Å². The molecule has 0 N–H and O–H groups in total. The largest absolute Gasteiger partial charge is 0.361 e. The van der Waals surface area contributed by atoms with Gasteiger partial charge in [0.25, 0.3) is 0 Å². The number of rotatable bonds is 1. The Kier molecular flexibility index (Phi) is 1.77. The normalized spacial score (nSPS) is 21.2. The molecule has 1 unspecified atom stereocenters. The fourth-order valence-corrected chi connectivity index (χ4v) is 1.75. The van der Waals surface area contributed by atoms with Crippen molar-refractivity contribution in [3.8, 4) is 0 Å². The van der Waals surface area contributed by atoms with E-state index < -0.39 is 0 Å². The Morgan fingerprint density at radius 1 is 1.42 bits per heavy atom. The summed E-state index contributed by atoms with van der Waals surface area (Å²) in [5, 5.41) is 0. The Labute approximate surface area is 72.8 Å². The maximum Gasteiger partial charge on any atom is 0.133 e. The second kappa shape index (κ2) is 2.79. The molecular formula is C10H13NO. The first-order valence-electron chi connectivity index (χ1n) is 4.16. The highest BCUT2D eigenvalue weighted by Crippen LogP contribution is 2.30. The second-order valence-electron chi connectivity index (χ2n) is 3.13. The van der Waals surface area contributed by atoms with Gasteiger partial charge in [0, 0.05) is 26.3 Å². The monoisotopic (exact) mass is 163 g/mol. The van der Waals surface area contributed by atoms with E-state index in [1.54, 1.807) is 7.11 Å². The average molecular weight is 163 g/mol. The van der Waals surface area contributed by atoms with Crippen LogP contribution in [0.5, 0.6) is 0 Å². The molecule has 1 atom stereocenters. The van der Waals surface area contributed by atoms with Gasteiger partial charge < -0.3 is 9.64 Å². The Bertz CT molecular complexity index is 285. The molecule has 1 aliphatic rings. The van der Waals surface area contributed by atoms with Crippen LogP contribution in [0, 0.1) is 0 Å². The van der Waals surface area contributed by atoms with Gasteiger partial charge >= 0.3 is 0 Å². The van der Waals surface area contributed by atoms with Gasteiger partial charge in [-0.05, 0) is 11.6 Å². The molecule has 64 valence electrons. The van der Waals surface area contributed by atoms with Crippen molar-refractivity contribution in [3.05, 3.63) is 29.8 Å². The van der Waals surface area contributed by atoms with E-state index >= 15 is 0 Å². The number of methoxy groups -OCH3 is 1. The molecule has 1 aliphatic heterocycles. The molecule has 1 aromatic rings. The highest BCUT2D eigenvalue weighted by Gasteiger charge is 2.24. The SMILES string of the molecule is COC1Cc2ccccc2N1C. The zero-order valence-electron chi connectivity index (χ0n) is 7.45. The topological polar surface area (TPSA) is 12.5 Å². The van der Waals surface area contributed by atoms with Crippen molar-refractivity contribution in [2.24, 2.45) is 0 Å². The van der Waals surface area contributed by atoms with Crippen molar-refractivity contribution in [1.29, 1.82) is 0 Å². The van der Waals surface area contributed by atoms with Crippen LogP contribution >= 0.6 is 0 Å². The van der Waals surface area contributed by atoms with Gasteiger partial charge in [-0.15, -0.1) is 0 Å². The van der Waals surface area contributed by atoms with E-state index in [1.165, 1.54) is 11.3 Å². The van der Waals surface area contributed by atoms with Gasteiger partial charge in [0.05, 0.1) is 0 Å². The summed E-state index contributed by atoms with van der Waals surface area (Å²) in [5.74, 6) is 0. The maximum absolute atomic E-state index is 5.33. The minimum atomic E-state index is 0.224. The summed E-state index contributed by atoms with van der Waals surface area (Å²) in [7, 11) is 3.83. The molecule has 0 saturated carbocycles. The minimum Gasteiger partial charge on any atom is -0.361 e. The first-order chi connectivity index (χ1) is 5.83. The van der Waals surface area contributed by atoms with Crippen LogP contribution in [-0.4, -0.2) is 20.4 Å². The zero-order valence-corrected chi connectivity index (χ0v) is 7.45. The molecule has 0 radical (unpaired) electrons. The van der Waals surface area contributed by atoms with Crippen LogP contribution in [0.4, 0.5) is 5.69 Å². The summed E-state index contributed by atoms with van der Waals surface area (Å²) < 4.78 is 5.33. The number of hydrogen-bond acceptors (Lipinski definition) is 2. The van der Waals surface area contributed by atoms with Crippen LogP contribution in [0.3, 0.4) is 0 Å². The van der Waals surface area contributed by atoms with E-state index in [0.29, 0.717) is 0 Å². The Morgan fingerprint density at radius 3 is 2.83 bits per heavy atom. The molecule has 0 aromatic heterocycles. The molecule has 2 heteroatoms. The number of anilines is 1. The quantitative estimate of drug-likeness (QED) is 0.624. The highest BCUT2D eigenvalue weighted by atomic mass is 16.5. The predicted octanol–water partition coefficient (Wildman–Crippen LogP) is 1.65. The first-order valence-corrected chi connectivity index (χ1v) is 4.16. The van der Waals surface area contributed by atoms with Gasteiger partial charge in [-0.25, -0.2) is 0 Å². The van der Waals surface area contributed by atoms with Gasteiger partial charge in [-0.3, -0.25) is 0 Å². The summed E-state index contributed by atoms with van der Waals surface area (Å²) in [6.45, 7) is 0. The molecule has 0 bridgehead atoms. The number of fused-ring (bicyclic) bond motifs is 1. The number of likely N-dealkylation sites (N-methyl/N-ethyl adjacent to an activating group) is 1. The summed E-state index contributed by atoms with van der Waals surface area (Å²) >= 11 is 0. The van der Waals surface area contributed by atoms with Crippen molar-refractivity contribution in [2.45, 2.75) is 12.6 Å². The number of para-hydroxylation sites is 1. The lowest BCUT2D eigenvalue weighted by molar-refractivity contribution is 0.111. The molecule has 1 aromatic carbocycles. The predicted molar refractivity (Wildman–Crippen MR) is 49.3 cm³/mol. The number of benzene rings is 1. The average Bonchev–Trinajstić information content (AvgIpc) is 2.44. The highest BCUT2D eigenvalue weighted by molar-refractivity contribution is 5.57. The van der Waals surface area contributed by atoms with Gasteiger partial charge in [-0.2, -0.15) is 0 Å². The maximum atomic E-state index is 5.33. The molecule has 0 saturated heterocycles. The minimum absolute atomic E-state index is 0.224. The smallest absolute Gasteiger partial charge is 0.133 e.